The van der Waals surface area contributed by atoms with E-state index in [-0.39, 0.29) is 11.5 Å². The van der Waals surface area contributed by atoms with Crippen molar-refractivity contribution in [2.24, 2.45) is 5.92 Å². The summed E-state index contributed by atoms with van der Waals surface area (Å²) in [4.78, 5) is 30.2. The van der Waals surface area contributed by atoms with Crippen LogP contribution in [0.1, 0.15) is 35.2 Å². The number of Topliss-reactive ketones (excluding diaryl/α,β-unsaturated/α-hetero) is 1. The second-order valence-corrected chi connectivity index (χ2v) is 8.53. The number of hydrogen-bond acceptors (Lipinski definition) is 8. The number of carbonyl (C=O) groups is 2. The summed E-state index contributed by atoms with van der Waals surface area (Å²) in [6.07, 6.45) is 2.13. The zero-order valence-electron chi connectivity index (χ0n) is 19.6. The van der Waals surface area contributed by atoms with E-state index in [1.54, 1.807) is 6.07 Å². The standard InChI is InChI=1S/C26H29N3O5/c1-32-23-15-21-22(16-24(23)33-2)34-26(31)20(25(21)30)8-3-4-9-28-10-12-29(13-11-28)19-7-5-6-18(14-19)17-27/h5-7,14-16,20H,3-4,8-13H2,1-2H3. The first-order valence-electron chi connectivity index (χ1n) is 11.5. The predicted molar refractivity (Wildman–Crippen MR) is 127 cm³/mol. The minimum atomic E-state index is -0.783. The normalized spacial score (nSPS) is 18.1. The molecule has 1 fully saturated rings. The first-order valence-corrected chi connectivity index (χ1v) is 11.5. The van der Waals surface area contributed by atoms with Crippen LogP contribution in [0.2, 0.25) is 0 Å². The maximum atomic E-state index is 13.0. The Morgan fingerprint density at radius 2 is 1.76 bits per heavy atom. The van der Waals surface area contributed by atoms with Gasteiger partial charge in [0.2, 0.25) is 0 Å². The summed E-state index contributed by atoms with van der Waals surface area (Å²) >= 11 is 0. The number of benzene rings is 2. The van der Waals surface area contributed by atoms with Crippen molar-refractivity contribution in [3.05, 3.63) is 47.5 Å². The molecule has 0 aromatic heterocycles. The summed E-state index contributed by atoms with van der Waals surface area (Å²) < 4.78 is 16.0. The summed E-state index contributed by atoms with van der Waals surface area (Å²) in [6.45, 7) is 4.62. The van der Waals surface area contributed by atoms with E-state index in [0.29, 0.717) is 29.0 Å². The van der Waals surface area contributed by atoms with Crippen molar-refractivity contribution in [2.75, 3.05) is 51.8 Å². The van der Waals surface area contributed by atoms with Gasteiger partial charge in [0.1, 0.15) is 11.7 Å². The van der Waals surface area contributed by atoms with Gasteiger partial charge in [-0.15, -0.1) is 0 Å². The Bertz CT molecular complexity index is 1100. The molecule has 1 unspecified atom stereocenters. The van der Waals surface area contributed by atoms with Crippen LogP contribution < -0.4 is 19.1 Å². The second-order valence-electron chi connectivity index (χ2n) is 8.53. The van der Waals surface area contributed by atoms with Crippen molar-refractivity contribution < 1.29 is 23.8 Å². The highest BCUT2D eigenvalue weighted by molar-refractivity contribution is 6.13. The fourth-order valence-corrected chi connectivity index (χ4v) is 4.55. The van der Waals surface area contributed by atoms with Gasteiger partial charge < -0.3 is 19.1 Å². The van der Waals surface area contributed by atoms with Crippen LogP contribution in [0.3, 0.4) is 0 Å². The fourth-order valence-electron chi connectivity index (χ4n) is 4.55. The van der Waals surface area contributed by atoms with Gasteiger partial charge in [-0.1, -0.05) is 12.5 Å². The second kappa shape index (κ2) is 10.6. The molecular formula is C26H29N3O5. The molecule has 2 aliphatic heterocycles. The van der Waals surface area contributed by atoms with Crippen molar-refractivity contribution in [3.63, 3.8) is 0 Å². The molecule has 0 radical (unpaired) electrons. The first kappa shape index (κ1) is 23.6. The molecule has 178 valence electrons. The topological polar surface area (TPSA) is 92.1 Å². The van der Waals surface area contributed by atoms with Crippen molar-refractivity contribution in [3.8, 4) is 23.3 Å². The number of anilines is 1. The summed E-state index contributed by atoms with van der Waals surface area (Å²) in [5.74, 6) is -0.432. The average molecular weight is 464 g/mol. The molecule has 0 bridgehead atoms. The largest absolute Gasteiger partial charge is 0.493 e. The molecule has 2 heterocycles. The number of methoxy groups -OCH3 is 2. The molecule has 0 N–H and O–H groups in total. The van der Waals surface area contributed by atoms with Crippen LogP contribution >= 0.6 is 0 Å². The van der Waals surface area contributed by atoms with Gasteiger partial charge in [0.15, 0.2) is 17.3 Å². The number of ketones is 1. The van der Waals surface area contributed by atoms with Crippen molar-refractivity contribution in [1.29, 1.82) is 5.26 Å². The van der Waals surface area contributed by atoms with Gasteiger partial charge in [-0.25, -0.2) is 0 Å². The Kier molecular flexibility index (Phi) is 7.33. The minimum Gasteiger partial charge on any atom is -0.493 e. The number of nitrogens with zero attached hydrogens (tertiary/aromatic N) is 3. The molecular weight excluding hydrogens is 434 g/mol. The van der Waals surface area contributed by atoms with Crippen LogP contribution in [-0.4, -0.2) is 63.6 Å². The molecule has 1 saturated heterocycles. The molecule has 8 heteroatoms. The zero-order valence-corrected chi connectivity index (χ0v) is 19.6. The molecule has 0 saturated carbocycles. The number of piperazine rings is 1. The van der Waals surface area contributed by atoms with E-state index in [1.807, 2.05) is 24.3 Å². The molecule has 34 heavy (non-hydrogen) atoms. The average Bonchev–Trinajstić information content (AvgIpc) is 2.87. The Balaban J connectivity index is 1.25. The number of carbonyl (C=O) groups excluding carboxylic acids is 2. The van der Waals surface area contributed by atoms with Crippen molar-refractivity contribution in [1.82, 2.24) is 4.90 Å². The lowest BCUT2D eigenvalue weighted by Gasteiger charge is -2.36. The maximum absolute atomic E-state index is 13.0. The van der Waals surface area contributed by atoms with E-state index < -0.39 is 11.9 Å². The van der Waals surface area contributed by atoms with Gasteiger partial charge >= 0.3 is 5.97 Å². The third-order valence-corrected chi connectivity index (χ3v) is 6.49. The van der Waals surface area contributed by atoms with E-state index in [4.69, 9.17) is 19.5 Å². The SMILES string of the molecule is COc1cc2c(cc1OC)C(=O)C(CCCCN1CCN(c3cccc(C#N)c3)CC1)C(=O)O2. The monoisotopic (exact) mass is 463 g/mol. The Morgan fingerprint density at radius 1 is 1.03 bits per heavy atom. The number of ether oxygens (including phenoxy) is 3. The Labute approximate surface area is 199 Å². The Hall–Kier alpha value is -3.57. The molecule has 0 amide bonds. The fraction of sp³-hybridized carbons (Fsp3) is 0.423. The van der Waals surface area contributed by atoms with Gasteiger partial charge in [0, 0.05) is 37.9 Å². The lowest BCUT2D eigenvalue weighted by Crippen LogP contribution is -2.46. The van der Waals surface area contributed by atoms with E-state index in [1.165, 1.54) is 20.3 Å². The molecule has 8 nitrogen and oxygen atoms in total. The number of esters is 1. The predicted octanol–water partition coefficient (Wildman–Crippen LogP) is 3.29. The van der Waals surface area contributed by atoms with Gasteiger partial charge in [-0.3, -0.25) is 14.5 Å². The summed E-state index contributed by atoms with van der Waals surface area (Å²) in [7, 11) is 3.00. The number of fused-ring (bicyclic) bond motifs is 1. The summed E-state index contributed by atoms with van der Waals surface area (Å²) in [5.41, 5.74) is 2.12. The van der Waals surface area contributed by atoms with Gasteiger partial charge in [-0.05, 0) is 43.7 Å². The Morgan fingerprint density at radius 3 is 2.47 bits per heavy atom. The van der Waals surface area contributed by atoms with Gasteiger partial charge in [0.25, 0.3) is 0 Å². The highest BCUT2D eigenvalue weighted by atomic mass is 16.5. The van der Waals surface area contributed by atoms with Crippen LogP contribution in [0.4, 0.5) is 5.69 Å². The molecule has 4 rings (SSSR count). The highest BCUT2D eigenvalue weighted by Gasteiger charge is 2.37. The first-order chi connectivity index (χ1) is 16.5. The van der Waals surface area contributed by atoms with Crippen LogP contribution in [0, 0.1) is 17.2 Å². The van der Waals surface area contributed by atoms with Crippen LogP contribution in [0.15, 0.2) is 36.4 Å². The lowest BCUT2D eigenvalue weighted by atomic mass is 9.90. The van der Waals surface area contributed by atoms with Crippen molar-refractivity contribution >= 4 is 17.4 Å². The molecule has 2 aliphatic rings. The number of hydrogen-bond donors (Lipinski definition) is 0. The molecule has 0 spiro atoms. The smallest absolute Gasteiger partial charge is 0.322 e. The van der Waals surface area contributed by atoms with Crippen molar-refractivity contribution in [2.45, 2.75) is 19.3 Å². The quantitative estimate of drug-likeness (QED) is 0.255. The number of nitriles is 1. The van der Waals surface area contributed by atoms with Gasteiger partial charge in [-0.2, -0.15) is 5.26 Å². The van der Waals surface area contributed by atoms with E-state index in [9.17, 15) is 9.59 Å². The van der Waals surface area contributed by atoms with E-state index in [0.717, 1.165) is 51.3 Å². The van der Waals surface area contributed by atoms with Gasteiger partial charge in [0.05, 0.1) is 31.4 Å². The molecule has 1 atom stereocenters. The summed E-state index contributed by atoms with van der Waals surface area (Å²) in [6, 6.07) is 13.0. The highest BCUT2D eigenvalue weighted by Crippen LogP contribution is 2.39. The van der Waals surface area contributed by atoms with Crippen LogP contribution in [0.5, 0.6) is 17.2 Å². The van der Waals surface area contributed by atoms with E-state index in [2.05, 4.69) is 15.9 Å². The lowest BCUT2D eigenvalue weighted by molar-refractivity contribution is -0.138. The minimum absolute atomic E-state index is 0.222. The zero-order chi connectivity index (χ0) is 24.1. The third-order valence-electron chi connectivity index (χ3n) is 6.49. The third kappa shape index (κ3) is 5.00. The summed E-state index contributed by atoms with van der Waals surface area (Å²) in [5, 5.41) is 9.11. The van der Waals surface area contributed by atoms with Crippen LogP contribution in [0.25, 0.3) is 0 Å². The maximum Gasteiger partial charge on any atom is 0.322 e. The number of unbranched alkanes of at least 4 members (excludes halogenated alkanes) is 1. The molecule has 0 aliphatic carbocycles. The van der Waals surface area contributed by atoms with Crippen LogP contribution in [-0.2, 0) is 4.79 Å². The van der Waals surface area contributed by atoms with E-state index >= 15 is 0 Å². The molecule has 2 aromatic carbocycles. The molecule has 2 aromatic rings. The number of rotatable bonds is 8.